The highest BCUT2D eigenvalue weighted by atomic mass is 19.4. The van der Waals surface area contributed by atoms with Gasteiger partial charge in [0.25, 0.3) is 0 Å². The standard InChI is InChI=1S/C21H22F4O2/c1-3-26-16-8-5-14(6-9-16)18-11-7-15(12-27-18)17-10-4-13(2)20(22)19(17)21(23,24)25/h4-6,8-10,15,18H,3,7,11-12H2,1-2H3. The maximum atomic E-state index is 14.2. The predicted molar refractivity (Wildman–Crippen MR) is 94.4 cm³/mol. The smallest absolute Gasteiger partial charge is 0.419 e. The van der Waals surface area contributed by atoms with Crippen molar-refractivity contribution < 1.29 is 27.0 Å². The third kappa shape index (κ3) is 4.26. The van der Waals surface area contributed by atoms with Crippen LogP contribution in [0.15, 0.2) is 36.4 Å². The van der Waals surface area contributed by atoms with Crippen LogP contribution in [0.4, 0.5) is 17.6 Å². The lowest BCUT2D eigenvalue weighted by atomic mass is 9.86. The molecule has 0 aromatic heterocycles. The van der Waals surface area contributed by atoms with Gasteiger partial charge in [0.1, 0.15) is 11.6 Å². The fourth-order valence-corrected chi connectivity index (χ4v) is 3.53. The van der Waals surface area contributed by atoms with Crippen molar-refractivity contribution in [2.24, 2.45) is 0 Å². The molecule has 146 valence electrons. The van der Waals surface area contributed by atoms with Crippen molar-refractivity contribution in [2.75, 3.05) is 13.2 Å². The molecular formula is C21H22F4O2. The zero-order chi connectivity index (χ0) is 19.6. The molecule has 0 bridgehead atoms. The van der Waals surface area contributed by atoms with E-state index in [0.29, 0.717) is 19.4 Å². The second-order valence-electron chi connectivity index (χ2n) is 6.76. The fourth-order valence-electron chi connectivity index (χ4n) is 3.53. The van der Waals surface area contributed by atoms with Gasteiger partial charge in [0.2, 0.25) is 0 Å². The van der Waals surface area contributed by atoms with E-state index in [1.165, 1.54) is 19.1 Å². The topological polar surface area (TPSA) is 18.5 Å². The van der Waals surface area contributed by atoms with Crippen LogP contribution in [0.3, 0.4) is 0 Å². The molecule has 1 heterocycles. The highest BCUT2D eigenvalue weighted by Crippen LogP contribution is 2.42. The van der Waals surface area contributed by atoms with Crippen molar-refractivity contribution in [3.05, 3.63) is 64.5 Å². The van der Waals surface area contributed by atoms with E-state index in [2.05, 4.69) is 0 Å². The first-order valence-corrected chi connectivity index (χ1v) is 9.01. The van der Waals surface area contributed by atoms with Crippen molar-refractivity contribution >= 4 is 0 Å². The number of hydrogen-bond donors (Lipinski definition) is 0. The van der Waals surface area contributed by atoms with Gasteiger partial charge in [0.05, 0.1) is 24.9 Å². The largest absolute Gasteiger partial charge is 0.494 e. The average molecular weight is 382 g/mol. The Bertz CT molecular complexity index is 776. The van der Waals surface area contributed by atoms with Gasteiger partial charge in [-0.05, 0) is 55.5 Å². The number of alkyl halides is 3. The number of benzene rings is 2. The van der Waals surface area contributed by atoms with Crippen molar-refractivity contribution in [3.63, 3.8) is 0 Å². The van der Waals surface area contributed by atoms with Gasteiger partial charge in [0, 0.05) is 5.92 Å². The van der Waals surface area contributed by atoms with E-state index in [0.717, 1.165) is 11.3 Å². The molecule has 2 atom stereocenters. The molecule has 1 aliphatic heterocycles. The molecule has 0 aliphatic carbocycles. The molecule has 2 nitrogen and oxygen atoms in total. The number of rotatable bonds is 4. The molecule has 0 radical (unpaired) electrons. The van der Waals surface area contributed by atoms with E-state index in [-0.39, 0.29) is 23.8 Å². The highest BCUT2D eigenvalue weighted by molar-refractivity contribution is 5.38. The molecule has 1 fully saturated rings. The molecule has 1 saturated heterocycles. The van der Waals surface area contributed by atoms with Gasteiger partial charge in [-0.2, -0.15) is 13.2 Å². The average Bonchev–Trinajstić information content (AvgIpc) is 2.64. The molecule has 27 heavy (non-hydrogen) atoms. The summed E-state index contributed by atoms with van der Waals surface area (Å²) in [6.07, 6.45) is -3.83. The number of hydrogen-bond acceptors (Lipinski definition) is 2. The maximum Gasteiger partial charge on any atom is 0.419 e. The SMILES string of the molecule is CCOc1ccc(C2CCC(c3ccc(C)c(F)c3C(F)(F)F)CO2)cc1. The normalized spacial score (nSPS) is 20.5. The van der Waals surface area contributed by atoms with E-state index in [4.69, 9.17) is 9.47 Å². The zero-order valence-corrected chi connectivity index (χ0v) is 15.3. The summed E-state index contributed by atoms with van der Waals surface area (Å²) in [5, 5.41) is 0. The van der Waals surface area contributed by atoms with Crippen LogP contribution in [0.1, 0.15) is 54.0 Å². The molecular weight excluding hydrogens is 360 g/mol. The Kier molecular flexibility index (Phi) is 5.75. The lowest BCUT2D eigenvalue weighted by molar-refractivity contribution is -0.141. The first-order chi connectivity index (χ1) is 12.8. The maximum absolute atomic E-state index is 14.2. The van der Waals surface area contributed by atoms with Crippen LogP contribution < -0.4 is 4.74 Å². The van der Waals surface area contributed by atoms with Crippen LogP contribution in [0, 0.1) is 12.7 Å². The van der Waals surface area contributed by atoms with E-state index >= 15 is 0 Å². The molecule has 2 unspecified atom stereocenters. The monoisotopic (exact) mass is 382 g/mol. The van der Waals surface area contributed by atoms with Gasteiger partial charge in [-0.15, -0.1) is 0 Å². The van der Waals surface area contributed by atoms with E-state index in [9.17, 15) is 17.6 Å². The van der Waals surface area contributed by atoms with Crippen LogP contribution in [0.25, 0.3) is 0 Å². The van der Waals surface area contributed by atoms with E-state index in [1.807, 2.05) is 31.2 Å². The van der Waals surface area contributed by atoms with Gasteiger partial charge in [-0.1, -0.05) is 24.3 Å². The van der Waals surface area contributed by atoms with Crippen LogP contribution in [-0.4, -0.2) is 13.2 Å². The van der Waals surface area contributed by atoms with Crippen LogP contribution in [0.5, 0.6) is 5.75 Å². The Balaban J connectivity index is 1.75. The Labute approximate surface area is 156 Å². The summed E-state index contributed by atoms with van der Waals surface area (Å²) >= 11 is 0. The molecule has 2 aromatic carbocycles. The van der Waals surface area contributed by atoms with Gasteiger partial charge < -0.3 is 9.47 Å². The van der Waals surface area contributed by atoms with Crippen molar-refractivity contribution in [1.82, 2.24) is 0 Å². The second kappa shape index (κ2) is 7.89. The fraction of sp³-hybridized carbons (Fsp3) is 0.429. The lowest BCUT2D eigenvalue weighted by Crippen LogP contribution is -2.23. The van der Waals surface area contributed by atoms with Crippen molar-refractivity contribution in [1.29, 1.82) is 0 Å². The molecule has 2 aromatic rings. The molecule has 0 amide bonds. The van der Waals surface area contributed by atoms with Crippen LogP contribution in [-0.2, 0) is 10.9 Å². The molecule has 6 heteroatoms. The highest BCUT2D eigenvalue weighted by Gasteiger charge is 2.40. The van der Waals surface area contributed by atoms with Crippen LogP contribution in [0.2, 0.25) is 0 Å². The Morgan fingerprint density at radius 2 is 1.78 bits per heavy atom. The van der Waals surface area contributed by atoms with Gasteiger partial charge in [-0.3, -0.25) is 0 Å². The van der Waals surface area contributed by atoms with Crippen molar-refractivity contribution in [3.8, 4) is 5.75 Å². The number of ether oxygens (including phenoxy) is 2. The first kappa shape index (κ1) is 19.7. The summed E-state index contributed by atoms with van der Waals surface area (Å²) in [6.45, 7) is 3.95. The van der Waals surface area contributed by atoms with Gasteiger partial charge in [0.15, 0.2) is 0 Å². The Hall–Kier alpha value is -2.08. The Morgan fingerprint density at radius 3 is 2.33 bits per heavy atom. The molecule has 0 saturated carbocycles. The molecule has 1 aliphatic rings. The Morgan fingerprint density at radius 1 is 1.07 bits per heavy atom. The third-order valence-electron chi connectivity index (χ3n) is 4.93. The molecule has 0 spiro atoms. The minimum atomic E-state index is -4.72. The van der Waals surface area contributed by atoms with E-state index in [1.54, 1.807) is 0 Å². The van der Waals surface area contributed by atoms with Crippen LogP contribution >= 0.6 is 0 Å². The first-order valence-electron chi connectivity index (χ1n) is 9.01. The summed E-state index contributed by atoms with van der Waals surface area (Å²) in [5.41, 5.74) is -0.218. The minimum absolute atomic E-state index is 0.00457. The molecule has 3 rings (SSSR count). The van der Waals surface area contributed by atoms with Gasteiger partial charge >= 0.3 is 6.18 Å². The number of halogens is 4. The lowest BCUT2D eigenvalue weighted by Gasteiger charge is -2.31. The van der Waals surface area contributed by atoms with E-state index < -0.39 is 23.5 Å². The molecule has 0 N–H and O–H groups in total. The van der Waals surface area contributed by atoms with Gasteiger partial charge in [-0.25, -0.2) is 4.39 Å². The summed E-state index contributed by atoms with van der Waals surface area (Å²) in [4.78, 5) is 0. The number of aryl methyl sites for hydroxylation is 1. The quantitative estimate of drug-likeness (QED) is 0.587. The predicted octanol–water partition coefficient (Wildman–Crippen LogP) is 6.19. The zero-order valence-electron chi connectivity index (χ0n) is 15.3. The second-order valence-corrected chi connectivity index (χ2v) is 6.76. The minimum Gasteiger partial charge on any atom is -0.494 e. The summed E-state index contributed by atoms with van der Waals surface area (Å²) in [7, 11) is 0. The summed E-state index contributed by atoms with van der Waals surface area (Å²) in [5.74, 6) is -0.899. The summed E-state index contributed by atoms with van der Waals surface area (Å²) in [6, 6.07) is 10.3. The third-order valence-corrected chi connectivity index (χ3v) is 4.93. The van der Waals surface area contributed by atoms with Crippen molar-refractivity contribution in [2.45, 2.75) is 44.9 Å². The summed E-state index contributed by atoms with van der Waals surface area (Å²) < 4.78 is 65.6.